The molecule has 1 atom stereocenters. The van der Waals surface area contributed by atoms with Crippen LogP contribution >= 0.6 is 0 Å². The molecule has 2 nitrogen and oxygen atoms in total. The molecule has 2 rings (SSSR count). The number of ether oxygens (including phenoxy) is 1. The molecule has 1 unspecified atom stereocenters. The minimum atomic E-state index is 0.183. The van der Waals surface area contributed by atoms with Crippen molar-refractivity contribution in [1.29, 1.82) is 0 Å². The average Bonchev–Trinajstić information content (AvgIpc) is 2.19. The van der Waals surface area contributed by atoms with Crippen LogP contribution < -0.4 is 0 Å². The van der Waals surface area contributed by atoms with Gasteiger partial charge in [0.25, 0.3) is 0 Å². The van der Waals surface area contributed by atoms with E-state index in [1.807, 2.05) is 30.4 Å². The standard InChI is InChI=1S/C11H10O2/c12-7-6-9-3-1-5-11-10(9)4-2-8-13-11/h1-5,7-9H,6H2. The van der Waals surface area contributed by atoms with Crippen LogP contribution in [0.4, 0.5) is 0 Å². The van der Waals surface area contributed by atoms with E-state index in [2.05, 4.69) is 0 Å². The number of aldehydes is 1. The Balaban J connectivity index is 2.28. The first kappa shape index (κ1) is 8.05. The predicted octanol–water partition coefficient (Wildman–Crippen LogP) is 2.12. The van der Waals surface area contributed by atoms with Gasteiger partial charge in [-0.3, -0.25) is 0 Å². The van der Waals surface area contributed by atoms with Gasteiger partial charge in [-0.1, -0.05) is 18.2 Å². The van der Waals surface area contributed by atoms with Gasteiger partial charge in [0.1, 0.15) is 12.0 Å². The number of rotatable bonds is 2. The van der Waals surface area contributed by atoms with Gasteiger partial charge in [0.2, 0.25) is 0 Å². The van der Waals surface area contributed by atoms with E-state index in [1.165, 1.54) is 0 Å². The van der Waals surface area contributed by atoms with Gasteiger partial charge in [-0.15, -0.1) is 0 Å². The highest BCUT2D eigenvalue weighted by atomic mass is 16.5. The van der Waals surface area contributed by atoms with Gasteiger partial charge in [-0.25, -0.2) is 0 Å². The van der Waals surface area contributed by atoms with Gasteiger partial charge in [0.05, 0.1) is 6.26 Å². The number of allylic oxidation sites excluding steroid dienone is 6. The van der Waals surface area contributed by atoms with Crippen LogP contribution in [0.25, 0.3) is 0 Å². The van der Waals surface area contributed by atoms with Crippen molar-refractivity contribution in [3.63, 3.8) is 0 Å². The summed E-state index contributed by atoms with van der Waals surface area (Å²) < 4.78 is 5.30. The fraction of sp³-hybridized carbons (Fsp3) is 0.182. The Hall–Kier alpha value is -1.57. The highest BCUT2D eigenvalue weighted by Crippen LogP contribution is 2.30. The Morgan fingerprint density at radius 1 is 1.38 bits per heavy atom. The summed E-state index contributed by atoms with van der Waals surface area (Å²) in [6.45, 7) is 0. The number of hydrogen-bond donors (Lipinski definition) is 0. The largest absolute Gasteiger partial charge is 0.465 e. The third-order valence-corrected chi connectivity index (χ3v) is 2.17. The molecule has 1 aliphatic heterocycles. The molecule has 0 saturated heterocycles. The summed E-state index contributed by atoms with van der Waals surface area (Å²) in [6.07, 6.45) is 12.8. The van der Waals surface area contributed by atoms with Crippen LogP contribution in [0.1, 0.15) is 6.42 Å². The van der Waals surface area contributed by atoms with Crippen molar-refractivity contribution in [2.24, 2.45) is 5.92 Å². The SMILES string of the molecule is O=CCC1C=CC=C2OC=CC=C21. The first-order chi connectivity index (χ1) is 6.42. The van der Waals surface area contributed by atoms with Crippen molar-refractivity contribution >= 4 is 6.29 Å². The second-order valence-electron chi connectivity index (χ2n) is 2.99. The van der Waals surface area contributed by atoms with Gasteiger partial charge in [0, 0.05) is 17.9 Å². The fourth-order valence-electron chi connectivity index (χ4n) is 1.54. The van der Waals surface area contributed by atoms with Crippen LogP contribution in [0, 0.1) is 5.92 Å². The van der Waals surface area contributed by atoms with Crippen LogP contribution in [-0.4, -0.2) is 6.29 Å². The maximum atomic E-state index is 10.4. The van der Waals surface area contributed by atoms with Crippen LogP contribution in [0.5, 0.6) is 0 Å². The minimum Gasteiger partial charge on any atom is -0.465 e. The highest BCUT2D eigenvalue weighted by molar-refractivity contribution is 5.54. The van der Waals surface area contributed by atoms with E-state index in [0.717, 1.165) is 17.6 Å². The third kappa shape index (κ3) is 1.47. The normalized spacial score (nSPS) is 24.2. The molecule has 2 aliphatic rings. The lowest BCUT2D eigenvalue weighted by Gasteiger charge is -2.21. The van der Waals surface area contributed by atoms with Gasteiger partial charge < -0.3 is 9.53 Å². The Morgan fingerprint density at radius 2 is 2.31 bits per heavy atom. The fourth-order valence-corrected chi connectivity index (χ4v) is 1.54. The number of hydrogen-bond acceptors (Lipinski definition) is 2. The van der Waals surface area contributed by atoms with E-state index >= 15 is 0 Å². The topological polar surface area (TPSA) is 26.3 Å². The molecule has 0 fully saturated rings. The maximum Gasteiger partial charge on any atom is 0.130 e. The molecule has 2 heteroatoms. The van der Waals surface area contributed by atoms with Crippen LogP contribution in [0.15, 0.2) is 48.0 Å². The third-order valence-electron chi connectivity index (χ3n) is 2.17. The molecule has 0 aromatic rings. The lowest BCUT2D eigenvalue weighted by atomic mass is 9.90. The Kier molecular flexibility index (Phi) is 2.13. The van der Waals surface area contributed by atoms with Crippen LogP contribution in [0.3, 0.4) is 0 Å². The number of fused-ring (bicyclic) bond motifs is 1. The van der Waals surface area contributed by atoms with Gasteiger partial charge in [-0.2, -0.15) is 0 Å². The quantitative estimate of drug-likeness (QED) is 0.599. The van der Waals surface area contributed by atoms with E-state index < -0.39 is 0 Å². The van der Waals surface area contributed by atoms with E-state index in [9.17, 15) is 4.79 Å². The van der Waals surface area contributed by atoms with Gasteiger partial charge in [-0.05, 0) is 12.2 Å². The molecule has 0 radical (unpaired) electrons. The summed E-state index contributed by atoms with van der Waals surface area (Å²) >= 11 is 0. The zero-order chi connectivity index (χ0) is 9.10. The van der Waals surface area contributed by atoms with Crippen molar-refractivity contribution in [2.45, 2.75) is 6.42 Å². The summed E-state index contributed by atoms with van der Waals surface area (Å²) in [5.74, 6) is 1.04. The molecule has 0 spiro atoms. The zero-order valence-electron chi connectivity index (χ0n) is 7.14. The van der Waals surface area contributed by atoms with Crippen molar-refractivity contribution in [3.8, 4) is 0 Å². The zero-order valence-corrected chi connectivity index (χ0v) is 7.14. The molecule has 0 amide bonds. The molecule has 0 aromatic carbocycles. The van der Waals surface area contributed by atoms with Crippen LogP contribution in [0.2, 0.25) is 0 Å². The van der Waals surface area contributed by atoms with E-state index in [4.69, 9.17) is 4.74 Å². The van der Waals surface area contributed by atoms with Crippen molar-refractivity contribution in [2.75, 3.05) is 0 Å². The highest BCUT2D eigenvalue weighted by Gasteiger charge is 2.19. The molecule has 66 valence electrons. The lowest BCUT2D eigenvalue weighted by molar-refractivity contribution is -0.108. The Morgan fingerprint density at radius 3 is 3.15 bits per heavy atom. The average molecular weight is 174 g/mol. The number of carbonyl (C=O) groups is 1. The first-order valence-electron chi connectivity index (χ1n) is 4.27. The monoisotopic (exact) mass is 174 g/mol. The number of carbonyl (C=O) groups excluding carboxylic acids is 1. The molecule has 1 heterocycles. The van der Waals surface area contributed by atoms with E-state index in [0.29, 0.717) is 6.42 Å². The van der Waals surface area contributed by atoms with Crippen molar-refractivity contribution in [3.05, 3.63) is 48.0 Å². The Labute approximate surface area is 76.9 Å². The summed E-state index contributed by atoms with van der Waals surface area (Å²) in [5, 5.41) is 0. The molecular weight excluding hydrogens is 164 g/mol. The summed E-state index contributed by atoms with van der Waals surface area (Å²) in [6, 6.07) is 0. The second kappa shape index (κ2) is 3.44. The summed E-state index contributed by atoms with van der Waals surface area (Å²) in [4.78, 5) is 10.4. The van der Waals surface area contributed by atoms with Crippen LogP contribution in [-0.2, 0) is 9.53 Å². The van der Waals surface area contributed by atoms with E-state index in [-0.39, 0.29) is 5.92 Å². The molecule has 0 aromatic heterocycles. The second-order valence-corrected chi connectivity index (χ2v) is 2.99. The molecule has 1 aliphatic carbocycles. The van der Waals surface area contributed by atoms with E-state index in [1.54, 1.807) is 6.26 Å². The summed E-state index contributed by atoms with van der Waals surface area (Å²) in [5.41, 5.74) is 1.09. The molecule has 0 saturated carbocycles. The van der Waals surface area contributed by atoms with Gasteiger partial charge >= 0.3 is 0 Å². The summed E-state index contributed by atoms with van der Waals surface area (Å²) in [7, 11) is 0. The Bertz CT molecular complexity index is 332. The molecule has 13 heavy (non-hydrogen) atoms. The van der Waals surface area contributed by atoms with Crippen molar-refractivity contribution in [1.82, 2.24) is 0 Å². The molecular formula is C11H10O2. The molecule has 0 N–H and O–H groups in total. The first-order valence-corrected chi connectivity index (χ1v) is 4.27. The van der Waals surface area contributed by atoms with Crippen molar-refractivity contribution < 1.29 is 9.53 Å². The lowest BCUT2D eigenvalue weighted by Crippen LogP contribution is -2.10. The predicted molar refractivity (Wildman–Crippen MR) is 49.7 cm³/mol. The maximum absolute atomic E-state index is 10.4. The van der Waals surface area contributed by atoms with Gasteiger partial charge in [0.15, 0.2) is 0 Å². The molecule has 0 bridgehead atoms. The smallest absolute Gasteiger partial charge is 0.130 e. The minimum absolute atomic E-state index is 0.183.